The lowest BCUT2D eigenvalue weighted by atomic mass is 10.1. The van der Waals surface area contributed by atoms with E-state index in [2.05, 4.69) is 15.2 Å². The Balaban J connectivity index is 1.61. The molecule has 1 saturated heterocycles. The van der Waals surface area contributed by atoms with Gasteiger partial charge >= 0.3 is 0 Å². The van der Waals surface area contributed by atoms with Crippen LogP contribution < -0.4 is 10.9 Å². The van der Waals surface area contributed by atoms with E-state index in [-0.39, 0.29) is 11.5 Å². The Hall–Kier alpha value is -2.15. The molecule has 7 heteroatoms. The van der Waals surface area contributed by atoms with Crippen molar-refractivity contribution < 1.29 is 9.53 Å². The average Bonchev–Trinajstić information content (AvgIpc) is 2.63. The number of amides is 1. The summed E-state index contributed by atoms with van der Waals surface area (Å²) in [5.74, 6) is -0.364. The van der Waals surface area contributed by atoms with Crippen molar-refractivity contribution in [3.05, 3.63) is 57.3 Å². The van der Waals surface area contributed by atoms with E-state index in [4.69, 9.17) is 16.3 Å². The van der Waals surface area contributed by atoms with Crippen LogP contribution in [0.1, 0.15) is 10.4 Å². The maximum absolute atomic E-state index is 12.2. The fourth-order valence-electron chi connectivity index (χ4n) is 2.70. The molecule has 132 valence electrons. The number of benzene rings is 1. The summed E-state index contributed by atoms with van der Waals surface area (Å²) in [6, 6.07) is 10.4. The molecule has 1 aromatic carbocycles. The number of nitrogens with one attached hydrogen (secondary N) is 2. The highest BCUT2D eigenvalue weighted by Crippen LogP contribution is 2.18. The molecular formula is C18H20ClN3O3. The van der Waals surface area contributed by atoms with Crippen LogP contribution in [0.4, 0.5) is 0 Å². The highest BCUT2D eigenvalue weighted by Gasteiger charge is 2.13. The Bertz CT molecular complexity index is 783. The fourth-order valence-corrected chi connectivity index (χ4v) is 2.82. The lowest BCUT2D eigenvalue weighted by Gasteiger charge is -2.26. The van der Waals surface area contributed by atoms with Gasteiger partial charge in [-0.15, -0.1) is 0 Å². The zero-order chi connectivity index (χ0) is 17.6. The molecule has 1 aliphatic rings. The molecule has 1 aromatic heterocycles. The van der Waals surface area contributed by atoms with Crippen molar-refractivity contribution in [1.82, 2.24) is 15.2 Å². The number of carbonyl (C=O) groups excluding carboxylic acids is 1. The van der Waals surface area contributed by atoms with Crippen molar-refractivity contribution in [3.8, 4) is 11.3 Å². The lowest BCUT2D eigenvalue weighted by molar-refractivity contribution is 0.0383. The van der Waals surface area contributed by atoms with E-state index in [0.717, 1.165) is 38.4 Å². The number of nitrogens with zero attached hydrogens (tertiary/aromatic N) is 1. The third-order valence-electron chi connectivity index (χ3n) is 4.13. The summed E-state index contributed by atoms with van der Waals surface area (Å²) in [7, 11) is 0. The summed E-state index contributed by atoms with van der Waals surface area (Å²) in [6.45, 7) is 4.42. The first kappa shape index (κ1) is 17.7. The SMILES string of the molecule is O=C(NCCN1CCOCC1)c1ccc(-c2ccc(Cl)cc2)[nH]c1=O. The van der Waals surface area contributed by atoms with E-state index in [1.165, 1.54) is 0 Å². The van der Waals surface area contributed by atoms with Crippen LogP contribution in [0.2, 0.25) is 5.02 Å². The van der Waals surface area contributed by atoms with Crippen LogP contribution >= 0.6 is 11.6 Å². The van der Waals surface area contributed by atoms with Gasteiger partial charge in [0.05, 0.1) is 13.2 Å². The molecule has 3 rings (SSSR count). The summed E-state index contributed by atoms with van der Waals surface area (Å²) in [6.07, 6.45) is 0. The molecular weight excluding hydrogens is 342 g/mol. The predicted molar refractivity (Wildman–Crippen MR) is 97.1 cm³/mol. The average molecular weight is 362 g/mol. The van der Waals surface area contributed by atoms with Crippen molar-refractivity contribution in [2.24, 2.45) is 0 Å². The quantitative estimate of drug-likeness (QED) is 0.851. The van der Waals surface area contributed by atoms with Gasteiger partial charge in [0.2, 0.25) is 0 Å². The van der Waals surface area contributed by atoms with Gasteiger partial charge < -0.3 is 15.0 Å². The number of H-pyrrole nitrogens is 1. The molecule has 2 heterocycles. The Labute approximate surface area is 150 Å². The number of halogens is 1. The second-order valence-electron chi connectivity index (χ2n) is 5.83. The number of ether oxygens (including phenoxy) is 1. The minimum Gasteiger partial charge on any atom is -0.379 e. The predicted octanol–water partition coefficient (Wildman–Crippen LogP) is 1.76. The zero-order valence-electron chi connectivity index (χ0n) is 13.8. The molecule has 0 radical (unpaired) electrons. The Morgan fingerprint density at radius 1 is 1.16 bits per heavy atom. The molecule has 6 nitrogen and oxygen atoms in total. The molecule has 0 spiro atoms. The minimum absolute atomic E-state index is 0.111. The second-order valence-corrected chi connectivity index (χ2v) is 6.27. The monoisotopic (exact) mass is 361 g/mol. The van der Waals surface area contributed by atoms with Gasteiger partial charge in [-0.2, -0.15) is 0 Å². The fraction of sp³-hybridized carbons (Fsp3) is 0.333. The van der Waals surface area contributed by atoms with Crippen LogP contribution in [-0.4, -0.2) is 55.2 Å². The van der Waals surface area contributed by atoms with Gasteiger partial charge in [-0.1, -0.05) is 23.7 Å². The highest BCUT2D eigenvalue weighted by molar-refractivity contribution is 6.30. The number of aromatic nitrogens is 1. The minimum atomic E-state index is -0.406. The van der Waals surface area contributed by atoms with Gasteiger partial charge in [0.25, 0.3) is 11.5 Å². The second kappa shape index (κ2) is 8.29. The molecule has 1 amide bonds. The molecule has 0 unspecified atom stereocenters. The molecule has 0 atom stereocenters. The molecule has 1 aliphatic heterocycles. The van der Waals surface area contributed by atoms with Crippen molar-refractivity contribution in [1.29, 1.82) is 0 Å². The topological polar surface area (TPSA) is 74.4 Å². The van der Waals surface area contributed by atoms with Crippen molar-refractivity contribution in [3.63, 3.8) is 0 Å². The van der Waals surface area contributed by atoms with Crippen LogP contribution in [0.5, 0.6) is 0 Å². The van der Waals surface area contributed by atoms with Crippen LogP contribution in [0, 0.1) is 0 Å². The molecule has 0 bridgehead atoms. The first-order chi connectivity index (χ1) is 12.1. The van der Waals surface area contributed by atoms with Gasteiger partial charge in [-0.3, -0.25) is 14.5 Å². The van der Waals surface area contributed by atoms with E-state index >= 15 is 0 Å². The van der Waals surface area contributed by atoms with E-state index < -0.39 is 5.56 Å². The summed E-state index contributed by atoms with van der Waals surface area (Å²) >= 11 is 5.87. The smallest absolute Gasteiger partial charge is 0.261 e. The largest absolute Gasteiger partial charge is 0.379 e. The zero-order valence-corrected chi connectivity index (χ0v) is 14.5. The lowest BCUT2D eigenvalue weighted by Crippen LogP contribution is -2.42. The first-order valence-corrected chi connectivity index (χ1v) is 8.59. The van der Waals surface area contributed by atoms with Crippen LogP contribution in [0.15, 0.2) is 41.2 Å². The highest BCUT2D eigenvalue weighted by atomic mass is 35.5. The van der Waals surface area contributed by atoms with Crippen LogP contribution in [0.3, 0.4) is 0 Å². The maximum atomic E-state index is 12.2. The van der Waals surface area contributed by atoms with Gasteiger partial charge in [0.1, 0.15) is 5.56 Å². The summed E-state index contributed by atoms with van der Waals surface area (Å²) < 4.78 is 5.28. The van der Waals surface area contributed by atoms with Crippen molar-refractivity contribution in [2.45, 2.75) is 0 Å². The molecule has 25 heavy (non-hydrogen) atoms. The summed E-state index contributed by atoms with van der Waals surface area (Å²) in [5.41, 5.74) is 1.18. The number of morpholine rings is 1. The molecule has 0 saturated carbocycles. The van der Waals surface area contributed by atoms with Gasteiger partial charge in [0, 0.05) is 36.9 Å². The number of hydrogen-bond acceptors (Lipinski definition) is 4. The van der Waals surface area contributed by atoms with Gasteiger partial charge in [-0.05, 0) is 29.8 Å². The third kappa shape index (κ3) is 4.69. The Morgan fingerprint density at radius 3 is 2.56 bits per heavy atom. The van der Waals surface area contributed by atoms with Crippen LogP contribution in [0.25, 0.3) is 11.3 Å². The van der Waals surface area contributed by atoms with Gasteiger partial charge in [-0.25, -0.2) is 0 Å². The third-order valence-corrected chi connectivity index (χ3v) is 4.38. The number of hydrogen-bond donors (Lipinski definition) is 2. The molecule has 0 aliphatic carbocycles. The summed E-state index contributed by atoms with van der Waals surface area (Å²) in [5, 5.41) is 3.42. The maximum Gasteiger partial charge on any atom is 0.261 e. The van der Waals surface area contributed by atoms with Crippen molar-refractivity contribution >= 4 is 17.5 Å². The number of pyridine rings is 1. The molecule has 2 aromatic rings. The Kier molecular flexibility index (Phi) is 5.86. The molecule has 2 N–H and O–H groups in total. The van der Waals surface area contributed by atoms with E-state index in [1.807, 2.05) is 12.1 Å². The molecule has 1 fully saturated rings. The standard InChI is InChI=1S/C18H20ClN3O3/c19-14-3-1-13(2-4-14)16-6-5-15(18(24)21-16)17(23)20-7-8-22-9-11-25-12-10-22/h1-6H,7-12H2,(H,20,23)(H,21,24). The normalized spacial score (nSPS) is 15.1. The van der Waals surface area contributed by atoms with Gasteiger partial charge in [0.15, 0.2) is 0 Å². The first-order valence-electron chi connectivity index (χ1n) is 8.21. The van der Waals surface area contributed by atoms with Crippen molar-refractivity contribution in [2.75, 3.05) is 39.4 Å². The number of carbonyl (C=O) groups is 1. The van der Waals surface area contributed by atoms with E-state index in [9.17, 15) is 9.59 Å². The Morgan fingerprint density at radius 2 is 1.88 bits per heavy atom. The van der Waals surface area contributed by atoms with E-state index in [0.29, 0.717) is 17.3 Å². The number of aromatic amines is 1. The van der Waals surface area contributed by atoms with E-state index in [1.54, 1.807) is 24.3 Å². The number of rotatable bonds is 5. The summed E-state index contributed by atoms with van der Waals surface area (Å²) in [4.78, 5) is 29.4. The van der Waals surface area contributed by atoms with Crippen LogP contribution in [-0.2, 0) is 4.74 Å².